The van der Waals surface area contributed by atoms with E-state index < -0.39 is 0 Å². The summed E-state index contributed by atoms with van der Waals surface area (Å²) in [4.78, 5) is 6.82. The van der Waals surface area contributed by atoms with Gasteiger partial charge in [0.15, 0.2) is 0 Å². The van der Waals surface area contributed by atoms with E-state index >= 15 is 0 Å². The van der Waals surface area contributed by atoms with Crippen molar-refractivity contribution in [1.82, 2.24) is 9.80 Å². The molecule has 1 aromatic rings. The van der Waals surface area contributed by atoms with E-state index in [1.54, 1.807) is 11.3 Å². The highest BCUT2D eigenvalue weighted by Crippen LogP contribution is 2.23. The molecule has 0 saturated carbocycles. The highest BCUT2D eigenvalue weighted by atomic mass is 35.5. The predicted molar refractivity (Wildman–Crippen MR) is 83.3 cm³/mol. The smallest absolute Gasteiger partial charge is 0.0931 e. The van der Waals surface area contributed by atoms with E-state index in [4.69, 9.17) is 11.6 Å². The topological polar surface area (TPSA) is 6.48 Å². The molecule has 0 aliphatic carbocycles. The molecule has 0 bridgehead atoms. The molecule has 3 rings (SSSR count). The van der Waals surface area contributed by atoms with Crippen LogP contribution in [0.4, 0.5) is 0 Å². The first-order valence-corrected chi connectivity index (χ1v) is 8.71. The summed E-state index contributed by atoms with van der Waals surface area (Å²) in [6, 6.07) is 5.02. The summed E-state index contributed by atoms with van der Waals surface area (Å²) in [5.41, 5.74) is 0. The van der Waals surface area contributed by atoms with Crippen LogP contribution in [0.25, 0.3) is 0 Å². The summed E-state index contributed by atoms with van der Waals surface area (Å²) in [6.07, 6.45) is 6.73. The molecule has 0 spiro atoms. The average Bonchev–Trinajstić information content (AvgIpc) is 2.72. The number of thiophene rings is 1. The van der Waals surface area contributed by atoms with E-state index in [1.807, 2.05) is 6.07 Å². The van der Waals surface area contributed by atoms with E-state index in [0.29, 0.717) is 0 Å². The van der Waals surface area contributed by atoms with Crippen molar-refractivity contribution < 1.29 is 0 Å². The standard InChI is InChI=1S/C15H23ClN2S/c16-15-6-5-14(19-15)7-11-17-8-3-10-18-9-2-1-4-13(18)12-17/h5-6,13H,1-4,7-12H2. The largest absolute Gasteiger partial charge is 0.301 e. The fourth-order valence-corrected chi connectivity index (χ4v) is 4.48. The molecule has 2 nitrogen and oxygen atoms in total. The summed E-state index contributed by atoms with van der Waals surface area (Å²) in [5, 5.41) is 0. The van der Waals surface area contributed by atoms with Crippen LogP contribution in [-0.4, -0.2) is 48.6 Å². The maximum Gasteiger partial charge on any atom is 0.0931 e. The summed E-state index contributed by atoms with van der Waals surface area (Å²) in [6.45, 7) is 6.39. The Balaban J connectivity index is 1.53. The number of halogens is 1. The minimum Gasteiger partial charge on any atom is -0.301 e. The summed E-state index contributed by atoms with van der Waals surface area (Å²) in [7, 11) is 0. The fraction of sp³-hybridized carbons (Fsp3) is 0.733. The summed E-state index contributed by atoms with van der Waals surface area (Å²) in [5.74, 6) is 0. The Morgan fingerprint density at radius 2 is 2.05 bits per heavy atom. The molecule has 2 aliphatic rings. The van der Waals surface area contributed by atoms with Gasteiger partial charge in [-0.15, -0.1) is 11.3 Å². The minimum atomic E-state index is 0.822. The van der Waals surface area contributed by atoms with Gasteiger partial charge in [0.2, 0.25) is 0 Å². The molecule has 0 amide bonds. The van der Waals surface area contributed by atoms with Gasteiger partial charge in [-0.25, -0.2) is 0 Å². The second-order valence-electron chi connectivity index (χ2n) is 5.80. The molecule has 1 atom stereocenters. The van der Waals surface area contributed by atoms with E-state index in [0.717, 1.165) is 16.8 Å². The lowest BCUT2D eigenvalue weighted by molar-refractivity contribution is 0.137. The Morgan fingerprint density at radius 1 is 1.16 bits per heavy atom. The van der Waals surface area contributed by atoms with Crippen LogP contribution in [0.1, 0.15) is 30.6 Å². The van der Waals surface area contributed by atoms with Crippen molar-refractivity contribution in [1.29, 1.82) is 0 Å². The number of piperidine rings is 1. The zero-order valence-electron chi connectivity index (χ0n) is 11.5. The van der Waals surface area contributed by atoms with Crippen LogP contribution in [-0.2, 0) is 6.42 Å². The Morgan fingerprint density at radius 3 is 2.89 bits per heavy atom. The number of nitrogens with zero attached hydrogens (tertiary/aromatic N) is 2. The maximum atomic E-state index is 6.00. The van der Waals surface area contributed by atoms with Gasteiger partial charge in [-0.05, 0) is 57.5 Å². The lowest BCUT2D eigenvalue weighted by Gasteiger charge is -2.35. The Kier molecular flexibility index (Phi) is 4.80. The Hall–Kier alpha value is -0.0900. The van der Waals surface area contributed by atoms with Crippen LogP contribution >= 0.6 is 22.9 Å². The van der Waals surface area contributed by atoms with Crippen molar-refractivity contribution in [2.45, 2.75) is 38.1 Å². The maximum absolute atomic E-state index is 6.00. The zero-order valence-corrected chi connectivity index (χ0v) is 13.1. The number of rotatable bonds is 3. The van der Waals surface area contributed by atoms with Crippen LogP contribution in [0.15, 0.2) is 12.1 Å². The first-order valence-electron chi connectivity index (χ1n) is 7.52. The molecule has 3 heterocycles. The third kappa shape index (κ3) is 3.72. The van der Waals surface area contributed by atoms with Crippen LogP contribution in [0.3, 0.4) is 0 Å². The summed E-state index contributed by atoms with van der Waals surface area (Å²) < 4.78 is 0.921. The number of hydrogen-bond donors (Lipinski definition) is 0. The van der Waals surface area contributed by atoms with E-state index in [2.05, 4.69) is 15.9 Å². The van der Waals surface area contributed by atoms with Crippen molar-refractivity contribution >= 4 is 22.9 Å². The van der Waals surface area contributed by atoms with Crippen LogP contribution in [0, 0.1) is 0 Å². The predicted octanol–water partition coefficient (Wildman–Crippen LogP) is 3.50. The molecular weight excluding hydrogens is 276 g/mol. The van der Waals surface area contributed by atoms with Crippen LogP contribution in [0.5, 0.6) is 0 Å². The molecule has 0 N–H and O–H groups in total. The minimum absolute atomic E-state index is 0.822. The Bertz CT molecular complexity index is 407. The van der Waals surface area contributed by atoms with E-state index in [-0.39, 0.29) is 0 Å². The van der Waals surface area contributed by atoms with Crippen molar-refractivity contribution in [2.24, 2.45) is 0 Å². The molecule has 4 heteroatoms. The van der Waals surface area contributed by atoms with Crippen molar-refractivity contribution in [3.63, 3.8) is 0 Å². The average molecular weight is 299 g/mol. The van der Waals surface area contributed by atoms with Gasteiger partial charge in [-0.2, -0.15) is 0 Å². The molecule has 1 unspecified atom stereocenters. The quantitative estimate of drug-likeness (QED) is 0.843. The molecule has 0 radical (unpaired) electrons. The van der Waals surface area contributed by atoms with Gasteiger partial charge in [0, 0.05) is 24.0 Å². The second kappa shape index (κ2) is 6.57. The van der Waals surface area contributed by atoms with Gasteiger partial charge >= 0.3 is 0 Å². The molecule has 2 fully saturated rings. The third-order valence-corrected chi connectivity index (χ3v) is 5.73. The molecule has 19 heavy (non-hydrogen) atoms. The fourth-order valence-electron chi connectivity index (χ4n) is 3.41. The highest BCUT2D eigenvalue weighted by molar-refractivity contribution is 7.16. The van der Waals surface area contributed by atoms with Gasteiger partial charge in [0.25, 0.3) is 0 Å². The second-order valence-corrected chi connectivity index (χ2v) is 7.60. The monoisotopic (exact) mass is 298 g/mol. The van der Waals surface area contributed by atoms with Crippen molar-refractivity contribution in [2.75, 3.05) is 32.7 Å². The molecule has 1 aromatic heterocycles. The molecule has 106 valence electrons. The number of hydrogen-bond acceptors (Lipinski definition) is 3. The highest BCUT2D eigenvalue weighted by Gasteiger charge is 2.26. The van der Waals surface area contributed by atoms with Crippen LogP contribution in [0.2, 0.25) is 4.34 Å². The molecule has 0 aromatic carbocycles. The first-order chi connectivity index (χ1) is 9.31. The zero-order chi connectivity index (χ0) is 13.1. The SMILES string of the molecule is Clc1ccc(CCN2CCCN3CCCCC3C2)s1. The molecule has 2 aliphatic heterocycles. The molecule has 2 saturated heterocycles. The van der Waals surface area contributed by atoms with Gasteiger partial charge in [-0.3, -0.25) is 4.90 Å². The van der Waals surface area contributed by atoms with Crippen molar-refractivity contribution in [3.05, 3.63) is 21.3 Å². The lowest BCUT2D eigenvalue weighted by atomic mass is 10.0. The van der Waals surface area contributed by atoms with Gasteiger partial charge < -0.3 is 4.90 Å². The van der Waals surface area contributed by atoms with E-state index in [9.17, 15) is 0 Å². The van der Waals surface area contributed by atoms with Gasteiger partial charge in [0.05, 0.1) is 4.34 Å². The third-order valence-electron chi connectivity index (χ3n) is 4.44. The van der Waals surface area contributed by atoms with Crippen LogP contribution < -0.4 is 0 Å². The molecular formula is C15H23ClN2S. The first kappa shape index (κ1) is 13.9. The number of fused-ring (bicyclic) bond motifs is 1. The van der Waals surface area contributed by atoms with E-state index in [1.165, 1.54) is 63.3 Å². The Labute approximate surface area is 125 Å². The van der Waals surface area contributed by atoms with Gasteiger partial charge in [-0.1, -0.05) is 18.0 Å². The van der Waals surface area contributed by atoms with Gasteiger partial charge in [0.1, 0.15) is 0 Å². The normalized spacial score (nSPS) is 26.1. The lowest BCUT2D eigenvalue weighted by Crippen LogP contribution is -2.44. The summed E-state index contributed by atoms with van der Waals surface area (Å²) >= 11 is 7.73. The van der Waals surface area contributed by atoms with Crippen molar-refractivity contribution in [3.8, 4) is 0 Å².